The molecule has 2 heterocycles. The van der Waals surface area contributed by atoms with Gasteiger partial charge in [-0.05, 0) is 55.1 Å². The van der Waals surface area contributed by atoms with Crippen molar-refractivity contribution in [2.45, 2.75) is 44.9 Å². The predicted molar refractivity (Wildman–Crippen MR) is 106 cm³/mol. The van der Waals surface area contributed by atoms with Crippen molar-refractivity contribution in [3.63, 3.8) is 0 Å². The van der Waals surface area contributed by atoms with E-state index < -0.39 is 0 Å². The summed E-state index contributed by atoms with van der Waals surface area (Å²) < 4.78 is 0. The first kappa shape index (κ1) is 18.3. The van der Waals surface area contributed by atoms with Crippen molar-refractivity contribution >= 4 is 11.8 Å². The van der Waals surface area contributed by atoms with Crippen LogP contribution in [0.2, 0.25) is 0 Å². The van der Waals surface area contributed by atoms with Gasteiger partial charge in [0.1, 0.15) is 0 Å². The fourth-order valence-electron chi connectivity index (χ4n) is 5.20. The molecule has 2 saturated heterocycles. The fraction of sp³-hybridized carbons (Fsp3) is 0.565. The number of hydrogen-bond acceptors (Lipinski definition) is 2. The van der Waals surface area contributed by atoms with Gasteiger partial charge in [0.2, 0.25) is 11.8 Å². The van der Waals surface area contributed by atoms with Gasteiger partial charge in [-0.2, -0.15) is 0 Å². The maximum atomic E-state index is 13.1. The summed E-state index contributed by atoms with van der Waals surface area (Å²) in [5.41, 5.74) is 2.96. The van der Waals surface area contributed by atoms with Crippen LogP contribution in [0.25, 0.3) is 0 Å². The van der Waals surface area contributed by atoms with Gasteiger partial charge in [0.25, 0.3) is 0 Å². The molecule has 27 heavy (non-hydrogen) atoms. The van der Waals surface area contributed by atoms with Crippen LogP contribution >= 0.6 is 0 Å². The van der Waals surface area contributed by atoms with E-state index in [0.29, 0.717) is 18.9 Å². The predicted octanol–water partition coefficient (Wildman–Crippen LogP) is 3.21. The van der Waals surface area contributed by atoms with Gasteiger partial charge in [-0.15, -0.1) is 6.58 Å². The minimum atomic E-state index is 0.138. The first-order valence-electron chi connectivity index (χ1n) is 10.3. The smallest absolute Gasteiger partial charge is 0.226 e. The quantitative estimate of drug-likeness (QED) is 0.771. The summed E-state index contributed by atoms with van der Waals surface area (Å²) in [7, 11) is 0. The Labute approximate surface area is 162 Å². The van der Waals surface area contributed by atoms with Gasteiger partial charge < -0.3 is 9.80 Å². The van der Waals surface area contributed by atoms with Crippen LogP contribution < -0.4 is 0 Å². The number of likely N-dealkylation sites (tertiary alicyclic amines) is 2. The van der Waals surface area contributed by atoms with Gasteiger partial charge in [0, 0.05) is 38.5 Å². The maximum absolute atomic E-state index is 13.1. The molecule has 3 aliphatic rings. The SMILES string of the molecule is C=CCN1CC2(CCC1=O)CCN(C(=O)[C@@H]1CCc3ccccc3C1)CC2. The van der Waals surface area contributed by atoms with E-state index in [2.05, 4.69) is 35.7 Å². The van der Waals surface area contributed by atoms with Crippen molar-refractivity contribution in [2.24, 2.45) is 11.3 Å². The Kier molecular flexibility index (Phi) is 5.07. The number of fused-ring (bicyclic) bond motifs is 1. The molecule has 0 N–H and O–H groups in total. The van der Waals surface area contributed by atoms with Gasteiger partial charge in [-0.25, -0.2) is 0 Å². The molecule has 2 aliphatic heterocycles. The van der Waals surface area contributed by atoms with Crippen molar-refractivity contribution in [2.75, 3.05) is 26.2 Å². The number of nitrogens with zero attached hydrogens (tertiary/aromatic N) is 2. The molecule has 0 bridgehead atoms. The summed E-state index contributed by atoms with van der Waals surface area (Å²) in [5, 5.41) is 0. The lowest BCUT2D eigenvalue weighted by Gasteiger charge is -2.47. The Morgan fingerprint density at radius 2 is 1.89 bits per heavy atom. The molecule has 0 aromatic heterocycles. The first-order valence-corrected chi connectivity index (χ1v) is 10.3. The zero-order valence-electron chi connectivity index (χ0n) is 16.2. The van der Waals surface area contributed by atoms with E-state index in [9.17, 15) is 9.59 Å². The lowest BCUT2D eigenvalue weighted by molar-refractivity contribution is -0.144. The van der Waals surface area contributed by atoms with Gasteiger partial charge in [0.05, 0.1) is 0 Å². The highest BCUT2D eigenvalue weighted by molar-refractivity contribution is 5.80. The third-order valence-electron chi connectivity index (χ3n) is 6.93. The van der Waals surface area contributed by atoms with Crippen molar-refractivity contribution in [1.82, 2.24) is 9.80 Å². The van der Waals surface area contributed by atoms with E-state index in [1.165, 1.54) is 11.1 Å². The van der Waals surface area contributed by atoms with E-state index in [0.717, 1.165) is 58.2 Å². The van der Waals surface area contributed by atoms with Crippen LogP contribution in [-0.4, -0.2) is 47.8 Å². The Morgan fingerprint density at radius 1 is 1.15 bits per heavy atom. The molecule has 1 aromatic rings. The summed E-state index contributed by atoms with van der Waals surface area (Å²) in [6, 6.07) is 8.54. The summed E-state index contributed by atoms with van der Waals surface area (Å²) in [4.78, 5) is 29.3. The van der Waals surface area contributed by atoms with Crippen LogP contribution in [-0.2, 0) is 22.4 Å². The van der Waals surface area contributed by atoms with Crippen LogP contribution in [0.15, 0.2) is 36.9 Å². The minimum absolute atomic E-state index is 0.138. The van der Waals surface area contributed by atoms with E-state index >= 15 is 0 Å². The molecule has 2 fully saturated rings. The number of carbonyl (C=O) groups excluding carboxylic acids is 2. The zero-order chi connectivity index (χ0) is 18.9. The van der Waals surface area contributed by atoms with E-state index in [1.807, 2.05) is 11.0 Å². The summed E-state index contributed by atoms with van der Waals surface area (Å²) >= 11 is 0. The number of benzene rings is 1. The molecule has 0 saturated carbocycles. The Bertz CT molecular complexity index is 734. The number of piperidine rings is 2. The summed E-state index contributed by atoms with van der Waals surface area (Å²) in [6.45, 7) is 6.93. The average Bonchev–Trinajstić information content (AvgIpc) is 2.71. The number of aryl methyl sites for hydroxylation is 1. The maximum Gasteiger partial charge on any atom is 0.226 e. The standard InChI is InChI=1S/C23H30N2O2/c1-2-13-25-17-23(10-9-21(25)26)11-14-24(15-12-23)22(27)20-8-7-18-5-3-4-6-19(18)16-20/h2-6,20H,1,7-17H2/t20-/m1/s1. The lowest BCUT2D eigenvalue weighted by Crippen LogP contribution is -2.53. The van der Waals surface area contributed by atoms with Gasteiger partial charge in [0.15, 0.2) is 0 Å². The molecular weight excluding hydrogens is 336 g/mol. The minimum Gasteiger partial charge on any atom is -0.342 e. The molecule has 4 nitrogen and oxygen atoms in total. The average molecular weight is 367 g/mol. The van der Waals surface area contributed by atoms with Gasteiger partial charge in [-0.3, -0.25) is 9.59 Å². The highest BCUT2D eigenvalue weighted by Crippen LogP contribution is 2.40. The molecule has 1 atom stereocenters. The first-order chi connectivity index (χ1) is 13.1. The van der Waals surface area contributed by atoms with E-state index in [1.54, 1.807) is 0 Å². The number of carbonyl (C=O) groups is 2. The molecule has 1 spiro atoms. The van der Waals surface area contributed by atoms with Crippen LogP contribution in [0, 0.1) is 11.3 Å². The third kappa shape index (κ3) is 3.67. The molecule has 1 aliphatic carbocycles. The second-order valence-corrected chi connectivity index (χ2v) is 8.60. The number of amides is 2. The molecule has 0 radical (unpaired) electrons. The number of rotatable bonds is 3. The fourth-order valence-corrected chi connectivity index (χ4v) is 5.20. The molecule has 1 aromatic carbocycles. The highest BCUT2D eigenvalue weighted by atomic mass is 16.2. The second-order valence-electron chi connectivity index (χ2n) is 8.60. The van der Waals surface area contributed by atoms with Crippen LogP contribution in [0.1, 0.15) is 43.2 Å². The lowest BCUT2D eigenvalue weighted by atomic mass is 9.72. The van der Waals surface area contributed by atoms with Crippen molar-refractivity contribution in [3.8, 4) is 0 Å². The van der Waals surface area contributed by atoms with Crippen LogP contribution in [0.5, 0.6) is 0 Å². The van der Waals surface area contributed by atoms with Crippen LogP contribution in [0.4, 0.5) is 0 Å². The van der Waals surface area contributed by atoms with E-state index in [4.69, 9.17) is 0 Å². The molecule has 144 valence electrons. The molecule has 4 rings (SSSR count). The number of hydrogen-bond donors (Lipinski definition) is 0. The molecular formula is C23H30N2O2. The van der Waals surface area contributed by atoms with Crippen molar-refractivity contribution in [1.29, 1.82) is 0 Å². The second kappa shape index (κ2) is 7.49. The van der Waals surface area contributed by atoms with Crippen molar-refractivity contribution < 1.29 is 9.59 Å². The van der Waals surface area contributed by atoms with Crippen LogP contribution in [0.3, 0.4) is 0 Å². The van der Waals surface area contributed by atoms with E-state index in [-0.39, 0.29) is 17.2 Å². The monoisotopic (exact) mass is 366 g/mol. The highest BCUT2D eigenvalue weighted by Gasteiger charge is 2.42. The molecule has 0 unspecified atom stereocenters. The summed E-state index contributed by atoms with van der Waals surface area (Å²) in [5.74, 6) is 0.730. The van der Waals surface area contributed by atoms with Gasteiger partial charge in [-0.1, -0.05) is 30.3 Å². The summed E-state index contributed by atoms with van der Waals surface area (Å²) in [6.07, 6.45) is 8.34. The third-order valence-corrected chi connectivity index (χ3v) is 6.93. The molecule has 4 heteroatoms. The zero-order valence-corrected chi connectivity index (χ0v) is 16.2. The Hall–Kier alpha value is -2.10. The van der Waals surface area contributed by atoms with Crippen molar-refractivity contribution in [3.05, 3.63) is 48.0 Å². The topological polar surface area (TPSA) is 40.6 Å². The largest absolute Gasteiger partial charge is 0.342 e. The van der Waals surface area contributed by atoms with Gasteiger partial charge >= 0.3 is 0 Å². The Balaban J connectivity index is 1.36. The normalized spacial score (nSPS) is 24.6. The molecule has 2 amide bonds. The Morgan fingerprint density at radius 3 is 2.63 bits per heavy atom.